The number of carbonyl (C=O) groups is 1. The Hall–Kier alpha value is -1.44. The van der Waals surface area contributed by atoms with Crippen molar-refractivity contribution >= 4 is 34.2 Å². The van der Waals surface area contributed by atoms with Crippen molar-refractivity contribution in [3.8, 4) is 0 Å². The Labute approximate surface area is 157 Å². The Bertz CT molecular complexity index is 692. The molecule has 1 aliphatic heterocycles. The highest BCUT2D eigenvalue weighted by Crippen LogP contribution is 2.25. The highest BCUT2D eigenvalue weighted by molar-refractivity contribution is 14.1. The molecule has 3 rings (SSSR count). The van der Waals surface area contributed by atoms with Crippen molar-refractivity contribution in [1.29, 1.82) is 0 Å². The molecule has 0 aliphatic carbocycles. The molecule has 5 heteroatoms. The predicted octanol–water partition coefficient (Wildman–Crippen LogP) is 3.22. The maximum atomic E-state index is 12.5. The highest BCUT2D eigenvalue weighted by Gasteiger charge is 2.28. The largest absolute Gasteiger partial charge is 0.324 e. The smallest absolute Gasteiger partial charge is 0.238 e. The first-order chi connectivity index (χ1) is 11.6. The zero-order chi connectivity index (χ0) is 16.9. The molecule has 4 nitrogen and oxygen atoms in total. The van der Waals surface area contributed by atoms with Gasteiger partial charge in [-0.2, -0.15) is 0 Å². The zero-order valence-corrected chi connectivity index (χ0v) is 15.9. The summed E-state index contributed by atoms with van der Waals surface area (Å²) in [6, 6.07) is 18.6. The predicted molar refractivity (Wildman–Crippen MR) is 106 cm³/mol. The average Bonchev–Trinajstić information content (AvgIpc) is 2.59. The van der Waals surface area contributed by atoms with Gasteiger partial charge < -0.3 is 10.2 Å². The van der Waals surface area contributed by atoms with E-state index < -0.39 is 0 Å². The summed E-state index contributed by atoms with van der Waals surface area (Å²) in [5.41, 5.74) is 2.15. The number of anilines is 1. The van der Waals surface area contributed by atoms with Crippen LogP contribution in [0.4, 0.5) is 5.69 Å². The summed E-state index contributed by atoms with van der Waals surface area (Å²) in [7, 11) is 2.14. The van der Waals surface area contributed by atoms with Crippen LogP contribution in [0.5, 0.6) is 0 Å². The van der Waals surface area contributed by atoms with Gasteiger partial charge in [0.2, 0.25) is 5.91 Å². The van der Waals surface area contributed by atoms with Gasteiger partial charge in [-0.1, -0.05) is 42.5 Å². The monoisotopic (exact) mass is 435 g/mol. The fourth-order valence-electron chi connectivity index (χ4n) is 3.07. The third kappa shape index (κ3) is 4.34. The van der Waals surface area contributed by atoms with Gasteiger partial charge in [0.1, 0.15) is 0 Å². The summed E-state index contributed by atoms with van der Waals surface area (Å²) >= 11 is 2.25. The van der Waals surface area contributed by atoms with E-state index in [1.807, 2.05) is 30.3 Å². The molecule has 126 valence electrons. The molecule has 1 aliphatic rings. The first kappa shape index (κ1) is 17.4. The van der Waals surface area contributed by atoms with Crippen LogP contribution in [0.25, 0.3) is 0 Å². The van der Waals surface area contributed by atoms with Crippen LogP contribution in [0, 0.1) is 3.57 Å². The summed E-state index contributed by atoms with van der Waals surface area (Å²) in [5, 5.41) is 3.04. The van der Waals surface area contributed by atoms with Crippen molar-refractivity contribution in [1.82, 2.24) is 9.80 Å². The lowest BCUT2D eigenvalue weighted by molar-refractivity contribution is -0.118. The van der Waals surface area contributed by atoms with Crippen LogP contribution < -0.4 is 5.32 Å². The number of rotatable bonds is 4. The molecule has 0 radical (unpaired) electrons. The Balaban J connectivity index is 1.70. The average molecular weight is 435 g/mol. The van der Waals surface area contributed by atoms with E-state index in [0.29, 0.717) is 6.54 Å². The molecule has 1 fully saturated rings. The molecule has 1 heterocycles. The number of para-hydroxylation sites is 1. The molecule has 0 bridgehead atoms. The fourth-order valence-corrected chi connectivity index (χ4v) is 3.60. The first-order valence-corrected chi connectivity index (χ1v) is 9.23. The van der Waals surface area contributed by atoms with Crippen LogP contribution in [0.3, 0.4) is 0 Å². The number of piperazine rings is 1. The van der Waals surface area contributed by atoms with Crippen LogP contribution in [0.1, 0.15) is 11.6 Å². The van der Waals surface area contributed by atoms with Gasteiger partial charge in [-0.15, -0.1) is 0 Å². The Morgan fingerprint density at radius 2 is 1.83 bits per heavy atom. The van der Waals surface area contributed by atoms with Gasteiger partial charge in [0.05, 0.1) is 12.2 Å². The van der Waals surface area contributed by atoms with E-state index in [-0.39, 0.29) is 11.9 Å². The maximum Gasteiger partial charge on any atom is 0.238 e. The summed E-state index contributed by atoms with van der Waals surface area (Å²) in [6.07, 6.45) is 0. The van der Waals surface area contributed by atoms with Gasteiger partial charge in [0.15, 0.2) is 0 Å². The van der Waals surface area contributed by atoms with Crippen LogP contribution in [0.2, 0.25) is 0 Å². The van der Waals surface area contributed by atoms with Crippen molar-refractivity contribution in [2.45, 2.75) is 6.04 Å². The number of amides is 1. The first-order valence-electron chi connectivity index (χ1n) is 8.15. The van der Waals surface area contributed by atoms with Gasteiger partial charge in [-0.25, -0.2) is 0 Å². The normalized spacial score (nSPS) is 19.2. The van der Waals surface area contributed by atoms with Gasteiger partial charge >= 0.3 is 0 Å². The van der Waals surface area contributed by atoms with Crippen LogP contribution in [0.15, 0.2) is 54.6 Å². The van der Waals surface area contributed by atoms with Gasteiger partial charge in [-0.05, 0) is 47.3 Å². The quantitative estimate of drug-likeness (QED) is 0.750. The summed E-state index contributed by atoms with van der Waals surface area (Å²) in [4.78, 5) is 17.1. The number of carbonyl (C=O) groups excluding carboxylic acids is 1. The van der Waals surface area contributed by atoms with E-state index in [1.54, 1.807) is 0 Å². The number of likely N-dealkylation sites (N-methyl/N-ethyl adjacent to an activating group) is 1. The van der Waals surface area contributed by atoms with E-state index in [9.17, 15) is 4.79 Å². The van der Waals surface area contributed by atoms with E-state index in [0.717, 1.165) is 28.9 Å². The number of hydrogen-bond donors (Lipinski definition) is 1. The van der Waals surface area contributed by atoms with E-state index >= 15 is 0 Å². The molecule has 2 aromatic carbocycles. The number of benzene rings is 2. The zero-order valence-electron chi connectivity index (χ0n) is 13.8. The summed E-state index contributed by atoms with van der Waals surface area (Å²) in [5.74, 6) is 0.0459. The second-order valence-electron chi connectivity index (χ2n) is 6.19. The van der Waals surface area contributed by atoms with Crippen molar-refractivity contribution in [2.24, 2.45) is 0 Å². The molecule has 1 saturated heterocycles. The molecular formula is C19H22IN3O. The van der Waals surface area contributed by atoms with Crippen molar-refractivity contribution < 1.29 is 4.79 Å². The standard InChI is InChI=1S/C19H22IN3O/c1-22-11-12-23(18(13-22)15-7-3-2-4-8-15)14-19(24)21-17-10-6-5-9-16(17)20/h2-10,18H,11-14H2,1H3,(H,21,24). The topological polar surface area (TPSA) is 35.6 Å². The van der Waals surface area contributed by atoms with Crippen LogP contribution >= 0.6 is 22.6 Å². The second-order valence-corrected chi connectivity index (χ2v) is 7.35. The number of hydrogen-bond acceptors (Lipinski definition) is 3. The molecule has 1 amide bonds. The van der Waals surface area contributed by atoms with E-state index in [1.165, 1.54) is 5.56 Å². The third-order valence-electron chi connectivity index (χ3n) is 4.37. The number of halogens is 1. The lowest BCUT2D eigenvalue weighted by Gasteiger charge is -2.40. The number of nitrogens with zero attached hydrogens (tertiary/aromatic N) is 2. The molecule has 0 saturated carbocycles. The van der Waals surface area contributed by atoms with Crippen molar-refractivity contribution in [2.75, 3.05) is 38.5 Å². The molecule has 1 atom stereocenters. The van der Waals surface area contributed by atoms with E-state index in [4.69, 9.17) is 0 Å². The highest BCUT2D eigenvalue weighted by atomic mass is 127. The molecule has 24 heavy (non-hydrogen) atoms. The summed E-state index contributed by atoms with van der Waals surface area (Å²) < 4.78 is 1.06. The lowest BCUT2D eigenvalue weighted by Crippen LogP contribution is -2.49. The maximum absolute atomic E-state index is 12.5. The van der Waals surface area contributed by atoms with Crippen molar-refractivity contribution in [3.05, 3.63) is 63.7 Å². The molecule has 0 spiro atoms. The van der Waals surface area contributed by atoms with E-state index in [2.05, 4.69) is 69.0 Å². The minimum absolute atomic E-state index is 0.0459. The Morgan fingerprint density at radius 1 is 1.12 bits per heavy atom. The van der Waals surface area contributed by atoms with Gasteiger partial charge in [-0.3, -0.25) is 9.69 Å². The molecule has 1 unspecified atom stereocenters. The van der Waals surface area contributed by atoms with Crippen LogP contribution in [-0.2, 0) is 4.79 Å². The van der Waals surface area contributed by atoms with Crippen molar-refractivity contribution in [3.63, 3.8) is 0 Å². The third-order valence-corrected chi connectivity index (χ3v) is 5.31. The minimum atomic E-state index is 0.0459. The molecular weight excluding hydrogens is 413 g/mol. The minimum Gasteiger partial charge on any atom is -0.324 e. The lowest BCUT2D eigenvalue weighted by atomic mass is 10.0. The molecule has 1 N–H and O–H groups in total. The SMILES string of the molecule is CN1CCN(CC(=O)Nc2ccccc2I)C(c2ccccc2)C1. The van der Waals surface area contributed by atoms with Crippen LogP contribution in [-0.4, -0.2) is 48.9 Å². The second kappa shape index (κ2) is 8.09. The Kier molecular flexibility index (Phi) is 5.86. The fraction of sp³-hybridized carbons (Fsp3) is 0.316. The molecule has 2 aromatic rings. The summed E-state index contributed by atoms with van der Waals surface area (Å²) in [6.45, 7) is 3.24. The Morgan fingerprint density at radius 3 is 2.58 bits per heavy atom. The van der Waals surface area contributed by atoms with Gasteiger partial charge in [0, 0.05) is 29.2 Å². The number of nitrogens with one attached hydrogen (secondary N) is 1. The molecule has 0 aromatic heterocycles. The van der Waals surface area contributed by atoms with Gasteiger partial charge in [0.25, 0.3) is 0 Å².